The van der Waals surface area contributed by atoms with E-state index in [0.717, 1.165) is 6.42 Å². The normalized spacial score (nSPS) is 18.4. The molecule has 0 aliphatic heterocycles. The fraction of sp³-hybridized carbons (Fsp3) is 0.455. The van der Waals surface area contributed by atoms with E-state index in [1.807, 2.05) is 0 Å². The van der Waals surface area contributed by atoms with Crippen molar-refractivity contribution >= 4 is 11.6 Å². The predicted octanol–water partition coefficient (Wildman–Crippen LogP) is 2.86. The summed E-state index contributed by atoms with van der Waals surface area (Å²) in [5, 5.41) is 10.3. The molecule has 1 aliphatic carbocycles. The van der Waals surface area contributed by atoms with Crippen molar-refractivity contribution in [2.75, 3.05) is 7.11 Å². The van der Waals surface area contributed by atoms with Gasteiger partial charge in [0.25, 0.3) is 0 Å². The van der Waals surface area contributed by atoms with Gasteiger partial charge in [-0.05, 0) is 25.3 Å². The number of hydrogen-bond acceptors (Lipinski definition) is 2. The van der Waals surface area contributed by atoms with Gasteiger partial charge >= 0.3 is 0 Å². The van der Waals surface area contributed by atoms with E-state index in [9.17, 15) is 9.50 Å². The van der Waals surface area contributed by atoms with E-state index in [-0.39, 0.29) is 10.8 Å². The first kappa shape index (κ1) is 10.7. The Morgan fingerprint density at radius 3 is 2.60 bits per heavy atom. The van der Waals surface area contributed by atoms with Crippen molar-refractivity contribution in [2.24, 2.45) is 0 Å². The zero-order chi connectivity index (χ0) is 11.1. The Bertz CT molecular complexity index is 388. The van der Waals surface area contributed by atoms with Crippen LogP contribution in [0.25, 0.3) is 0 Å². The molecule has 0 amide bonds. The molecular weight excluding hydrogens is 219 g/mol. The summed E-state index contributed by atoms with van der Waals surface area (Å²) in [7, 11) is 1.36. The highest BCUT2D eigenvalue weighted by molar-refractivity contribution is 6.33. The molecule has 1 N–H and O–H groups in total. The van der Waals surface area contributed by atoms with Gasteiger partial charge in [-0.25, -0.2) is 4.39 Å². The van der Waals surface area contributed by atoms with Gasteiger partial charge in [0.2, 0.25) is 0 Å². The molecule has 2 nitrogen and oxygen atoms in total. The Balaban J connectivity index is 2.49. The van der Waals surface area contributed by atoms with Crippen LogP contribution >= 0.6 is 11.6 Å². The Kier molecular flexibility index (Phi) is 2.61. The van der Waals surface area contributed by atoms with Crippen LogP contribution in [0.1, 0.15) is 24.8 Å². The maximum Gasteiger partial charge on any atom is 0.173 e. The van der Waals surface area contributed by atoms with Crippen LogP contribution in [0.15, 0.2) is 12.1 Å². The Hall–Kier alpha value is -0.800. The third kappa shape index (κ3) is 1.60. The molecule has 0 aromatic heterocycles. The van der Waals surface area contributed by atoms with E-state index in [0.29, 0.717) is 18.4 Å². The highest BCUT2D eigenvalue weighted by atomic mass is 35.5. The van der Waals surface area contributed by atoms with Crippen LogP contribution in [0.4, 0.5) is 4.39 Å². The molecule has 0 atom stereocenters. The first-order chi connectivity index (χ1) is 7.08. The van der Waals surface area contributed by atoms with Crippen LogP contribution in [-0.2, 0) is 5.60 Å². The van der Waals surface area contributed by atoms with Crippen molar-refractivity contribution in [1.82, 2.24) is 0 Å². The highest BCUT2D eigenvalue weighted by Gasteiger charge is 2.38. The van der Waals surface area contributed by atoms with Gasteiger partial charge in [0.1, 0.15) is 0 Å². The molecule has 1 aliphatic rings. The highest BCUT2D eigenvalue weighted by Crippen LogP contribution is 2.46. The molecule has 0 heterocycles. The van der Waals surface area contributed by atoms with E-state index in [2.05, 4.69) is 0 Å². The molecular formula is C11H12ClFO2. The van der Waals surface area contributed by atoms with Crippen LogP contribution in [0.2, 0.25) is 5.02 Å². The summed E-state index contributed by atoms with van der Waals surface area (Å²) < 4.78 is 18.1. The molecule has 15 heavy (non-hydrogen) atoms. The molecule has 0 radical (unpaired) electrons. The lowest BCUT2D eigenvalue weighted by molar-refractivity contribution is -0.0388. The van der Waals surface area contributed by atoms with Crippen molar-refractivity contribution in [3.8, 4) is 5.75 Å². The monoisotopic (exact) mass is 230 g/mol. The zero-order valence-electron chi connectivity index (χ0n) is 8.39. The lowest BCUT2D eigenvalue weighted by Crippen LogP contribution is -2.34. The Morgan fingerprint density at radius 1 is 1.47 bits per heavy atom. The van der Waals surface area contributed by atoms with Crippen molar-refractivity contribution in [2.45, 2.75) is 24.9 Å². The molecule has 82 valence electrons. The number of ether oxygens (including phenoxy) is 1. The predicted molar refractivity (Wildman–Crippen MR) is 55.7 cm³/mol. The van der Waals surface area contributed by atoms with Gasteiger partial charge in [0.15, 0.2) is 11.6 Å². The summed E-state index contributed by atoms with van der Waals surface area (Å²) in [4.78, 5) is 0. The maximum atomic E-state index is 13.2. The molecule has 4 heteroatoms. The van der Waals surface area contributed by atoms with Gasteiger partial charge in [-0.2, -0.15) is 0 Å². The second-order valence-corrected chi connectivity index (χ2v) is 4.21. The van der Waals surface area contributed by atoms with E-state index >= 15 is 0 Å². The minimum absolute atomic E-state index is 0.00879. The molecule has 0 saturated heterocycles. The summed E-state index contributed by atoms with van der Waals surface area (Å²) in [5.74, 6) is -0.497. The number of aliphatic hydroxyl groups is 1. The molecule has 0 unspecified atom stereocenters. The SMILES string of the molecule is COc1c(F)ccc(C2(O)CCC2)c1Cl. The number of benzene rings is 1. The lowest BCUT2D eigenvalue weighted by Gasteiger charge is -2.37. The molecule has 2 rings (SSSR count). The van der Waals surface area contributed by atoms with Gasteiger partial charge in [0.05, 0.1) is 17.7 Å². The summed E-state index contributed by atoms with van der Waals surface area (Å²) >= 11 is 5.99. The maximum absolute atomic E-state index is 13.2. The standard InChI is InChI=1S/C11H12ClFO2/c1-15-10-8(13)4-3-7(9(10)12)11(14)5-2-6-11/h3-4,14H,2,5-6H2,1H3. The molecule has 1 fully saturated rings. The summed E-state index contributed by atoms with van der Waals surface area (Å²) in [6.07, 6.45) is 2.30. The largest absolute Gasteiger partial charge is 0.492 e. The van der Waals surface area contributed by atoms with Crippen LogP contribution in [-0.4, -0.2) is 12.2 Å². The average Bonchev–Trinajstić information content (AvgIpc) is 2.15. The molecule has 1 saturated carbocycles. The van der Waals surface area contributed by atoms with E-state index in [1.165, 1.54) is 19.2 Å². The third-order valence-corrected chi connectivity index (χ3v) is 3.31. The van der Waals surface area contributed by atoms with E-state index < -0.39 is 11.4 Å². The average molecular weight is 231 g/mol. The van der Waals surface area contributed by atoms with Gasteiger partial charge in [-0.15, -0.1) is 0 Å². The molecule has 1 aromatic carbocycles. The minimum Gasteiger partial charge on any atom is -0.492 e. The smallest absolute Gasteiger partial charge is 0.173 e. The molecule has 1 aromatic rings. The summed E-state index contributed by atoms with van der Waals surface area (Å²) in [6, 6.07) is 2.80. The van der Waals surface area contributed by atoms with Crippen LogP contribution < -0.4 is 4.74 Å². The van der Waals surface area contributed by atoms with Gasteiger partial charge in [-0.1, -0.05) is 17.7 Å². The summed E-state index contributed by atoms with van der Waals surface area (Å²) in [5.41, 5.74) is -0.327. The second kappa shape index (κ2) is 3.65. The van der Waals surface area contributed by atoms with Crippen LogP contribution in [0.5, 0.6) is 5.75 Å². The van der Waals surface area contributed by atoms with Crippen molar-refractivity contribution < 1.29 is 14.2 Å². The van der Waals surface area contributed by atoms with Gasteiger partial charge < -0.3 is 9.84 Å². The van der Waals surface area contributed by atoms with E-state index in [1.54, 1.807) is 0 Å². The topological polar surface area (TPSA) is 29.5 Å². The fourth-order valence-corrected chi connectivity index (χ4v) is 2.27. The number of halogens is 2. The minimum atomic E-state index is -0.891. The van der Waals surface area contributed by atoms with Crippen molar-refractivity contribution in [3.05, 3.63) is 28.5 Å². The first-order valence-electron chi connectivity index (χ1n) is 4.83. The first-order valence-corrected chi connectivity index (χ1v) is 5.21. The van der Waals surface area contributed by atoms with Gasteiger partial charge in [-0.3, -0.25) is 0 Å². The number of hydrogen-bond donors (Lipinski definition) is 1. The lowest BCUT2D eigenvalue weighted by atomic mass is 9.75. The molecule has 0 bridgehead atoms. The Morgan fingerprint density at radius 2 is 2.13 bits per heavy atom. The van der Waals surface area contributed by atoms with Crippen LogP contribution in [0, 0.1) is 5.82 Å². The van der Waals surface area contributed by atoms with E-state index in [4.69, 9.17) is 16.3 Å². The molecule has 0 spiro atoms. The number of methoxy groups -OCH3 is 1. The number of rotatable bonds is 2. The Labute approximate surface area is 92.6 Å². The second-order valence-electron chi connectivity index (χ2n) is 3.83. The van der Waals surface area contributed by atoms with Crippen molar-refractivity contribution in [3.63, 3.8) is 0 Å². The summed E-state index contributed by atoms with van der Waals surface area (Å²) in [6.45, 7) is 0. The quantitative estimate of drug-likeness (QED) is 0.847. The van der Waals surface area contributed by atoms with Gasteiger partial charge in [0, 0.05) is 5.56 Å². The third-order valence-electron chi connectivity index (χ3n) is 2.94. The zero-order valence-corrected chi connectivity index (χ0v) is 9.14. The van der Waals surface area contributed by atoms with Crippen LogP contribution in [0.3, 0.4) is 0 Å². The van der Waals surface area contributed by atoms with Crippen molar-refractivity contribution in [1.29, 1.82) is 0 Å². The fourth-order valence-electron chi connectivity index (χ4n) is 1.86.